The number of nitrogens with zero attached hydrogens (tertiary/aromatic N) is 4. The first kappa shape index (κ1) is 26.1. The van der Waals surface area contributed by atoms with Gasteiger partial charge in [-0.05, 0) is 23.3 Å². The summed E-state index contributed by atoms with van der Waals surface area (Å²) in [6.45, 7) is 1.63. The molecule has 0 radical (unpaired) electrons. The Morgan fingerprint density at radius 2 is 1.42 bits per heavy atom. The van der Waals surface area contributed by atoms with E-state index in [9.17, 15) is 0 Å². The van der Waals surface area contributed by atoms with Crippen molar-refractivity contribution >= 4 is 29.4 Å². The number of benzene rings is 1. The third-order valence-electron chi connectivity index (χ3n) is 5.71. The standard InChI is InChI=1S/C24H30N4O6Si2/c29-35(30)34-15-1-9-27-11-5-19(6-12-27)21-3-4-22-23(17-21)25-18-24(26-22)20-7-13-28(14-8-20)10-2-16-36(31,32)33/h3-8,11-14,17-18,29-33,35H,1-2,9-10,15-16H2/q+2. The van der Waals surface area contributed by atoms with Gasteiger partial charge in [-0.3, -0.25) is 4.98 Å². The molecule has 0 aliphatic rings. The lowest BCUT2D eigenvalue weighted by Gasteiger charge is -2.07. The highest BCUT2D eigenvalue weighted by molar-refractivity contribution is 6.56. The predicted molar refractivity (Wildman–Crippen MR) is 135 cm³/mol. The molecule has 1 aromatic carbocycles. The summed E-state index contributed by atoms with van der Waals surface area (Å²) in [6, 6.07) is 13.9. The zero-order valence-electron chi connectivity index (χ0n) is 19.7. The van der Waals surface area contributed by atoms with Crippen LogP contribution < -0.4 is 9.13 Å². The van der Waals surface area contributed by atoms with Crippen molar-refractivity contribution < 1.29 is 37.5 Å². The molecule has 0 amide bonds. The minimum Gasteiger partial charge on any atom is -0.392 e. The van der Waals surface area contributed by atoms with Crippen molar-refractivity contribution in [1.82, 2.24) is 9.97 Å². The van der Waals surface area contributed by atoms with Gasteiger partial charge in [0, 0.05) is 55.3 Å². The molecule has 12 heteroatoms. The van der Waals surface area contributed by atoms with Gasteiger partial charge >= 0.3 is 18.3 Å². The fourth-order valence-electron chi connectivity index (χ4n) is 3.84. The molecule has 0 unspecified atom stereocenters. The Kier molecular flexibility index (Phi) is 8.61. The van der Waals surface area contributed by atoms with Crippen LogP contribution in [0.4, 0.5) is 0 Å². The number of pyridine rings is 2. The first-order valence-corrected chi connectivity index (χ1v) is 15.2. The van der Waals surface area contributed by atoms with Crippen LogP contribution >= 0.6 is 0 Å². The van der Waals surface area contributed by atoms with Gasteiger partial charge in [0.2, 0.25) is 0 Å². The van der Waals surface area contributed by atoms with Crippen LogP contribution in [0.1, 0.15) is 12.8 Å². The van der Waals surface area contributed by atoms with Crippen LogP contribution in [0.15, 0.2) is 73.4 Å². The van der Waals surface area contributed by atoms with E-state index in [-0.39, 0.29) is 6.04 Å². The lowest BCUT2D eigenvalue weighted by atomic mass is 10.1. The molecule has 36 heavy (non-hydrogen) atoms. The molecule has 0 saturated heterocycles. The van der Waals surface area contributed by atoms with Gasteiger partial charge in [0.05, 0.1) is 22.9 Å². The van der Waals surface area contributed by atoms with Gasteiger partial charge in [0.25, 0.3) is 0 Å². The molecule has 0 spiro atoms. The van der Waals surface area contributed by atoms with E-state index in [1.54, 1.807) is 6.20 Å². The highest BCUT2D eigenvalue weighted by Gasteiger charge is 2.26. The molecule has 0 atom stereocenters. The van der Waals surface area contributed by atoms with Gasteiger partial charge in [-0.2, -0.15) is 0 Å². The molecule has 4 rings (SSSR count). The zero-order valence-corrected chi connectivity index (χ0v) is 21.8. The zero-order chi connectivity index (χ0) is 25.5. The monoisotopic (exact) mass is 526 g/mol. The summed E-state index contributed by atoms with van der Waals surface area (Å²) in [5.41, 5.74) is 5.38. The normalized spacial score (nSPS) is 11.9. The molecule has 0 aliphatic carbocycles. The third kappa shape index (κ3) is 7.52. The summed E-state index contributed by atoms with van der Waals surface area (Å²) in [5.74, 6) is 0. The Morgan fingerprint density at radius 3 is 2.06 bits per heavy atom. The maximum Gasteiger partial charge on any atom is 0.492 e. The van der Waals surface area contributed by atoms with Crippen LogP contribution in [0.5, 0.6) is 0 Å². The van der Waals surface area contributed by atoms with E-state index in [0.717, 1.165) is 40.0 Å². The van der Waals surface area contributed by atoms with Gasteiger partial charge in [-0.25, -0.2) is 14.1 Å². The van der Waals surface area contributed by atoms with Crippen LogP contribution in [0.3, 0.4) is 0 Å². The number of aryl methyl sites for hydroxylation is 2. The summed E-state index contributed by atoms with van der Waals surface area (Å²) in [6.07, 6.45) is 10.7. The van der Waals surface area contributed by atoms with Crippen molar-refractivity contribution in [2.75, 3.05) is 6.61 Å². The quantitative estimate of drug-likeness (QED) is 0.104. The molecule has 4 aromatic rings. The first-order chi connectivity index (χ1) is 17.3. The van der Waals surface area contributed by atoms with Crippen LogP contribution in [-0.4, -0.2) is 58.9 Å². The number of hydrogen-bond donors (Lipinski definition) is 5. The van der Waals surface area contributed by atoms with Crippen molar-refractivity contribution in [3.8, 4) is 22.4 Å². The smallest absolute Gasteiger partial charge is 0.392 e. The van der Waals surface area contributed by atoms with Crippen molar-refractivity contribution in [2.24, 2.45) is 0 Å². The average Bonchev–Trinajstić information content (AvgIpc) is 2.86. The van der Waals surface area contributed by atoms with Gasteiger partial charge in [0.15, 0.2) is 31.3 Å². The fraction of sp³-hybridized carbons (Fsp3) is 0.250. The largest absolute Gasteiger partial charge is 0.492 e. The number of hydrogen-bond acceptors (Lipinski definition) is 8. The molecule has 3 aromatic heterocycles. The highest BCUT2D eigenvalue weighted by Crippen LogP contribution is 2.24. The molecule has 0 saturated carbocycles. The van der Waals surface area contributed by atoms with Crippen LogP contribution in [0.25, 0.3) is 33.4 Å². The maximum atomic E-state index is 9.13. The number of aromatic nitrogens is 4. The summed E-state index contributed by atoms with van der Waals surface area (Å²) in [7, 11) is -6.93. The average molecular weight is 527 g/mol. The molecular formula is C24H30N4O6Si2+2. The SMILES string of the molecule is O[SiH](O)OCCC[n+]1ccc(-c2ccc3nc(-c4cc[n+](CCC[Si](O)(O)O)cc4)cnc3c2)cc1. The Balaban J connectivity index is 1.41. The molecule has 10 nitrogen and oxygen atoms in total. The van der Waals surface area contributed by atoms with Gasteiger partial charge in [0.1, 0.15) is 6.54 Å². The van der Waals surface area contributed by atoms with Gasteiger partial charge in [-0.1, -0.05) is 6.07 Å². The number of fused-ring (bicyclic) bond motifs is 1. The molecule has 0 aliphatic heterocycles. The van der Waals surface area contributed by atoms with E-state index in [0.29, 0.717) is 26.0 Å². The number of rotatable bonds is 11. The minimum atomic E-state index is -3.99. The van der Waals surface area contributed by atoms with Gasteiger partial charge in [-0.15, -0.1) is 0 Å². The molecule has 0 fully saturated rings. The second-order valence-electron chi connectivity index (χ2n) is 8.54. The molecule has 3 heterocycles. The molecule has 188 valence electrons. The first-order valence-electron chi connectivity index (χ1n) is 11.7. The maximum absolute atomic E-state index is 9.13. The lowest BCUT2D eigenvalue weighted by Crippen LogP contribution is -2.38. The van der Waals surface area contributed by atoms with Gasteiger partial charge < -0.3 is 28.4 Å². The Labute approximate surface area is 211 Å². The van der Waals surface area contributed by atoms with Crippen LogP contribution in [0, 0.1) is 0 Å². The summed E-state index contributed by atoms with van der Waals surface area (Å²) in [4.78, 5) is 54.5. The summed E-state index contributed by atoms with van der Waals surface area (Å²) < 4.78 is 8.81. The molecule has 0 bridgehead atoms. The third-order valence-corrected chi connectivity index (χ3v) is 7.27. The Bertz CT molecular complexity index is 1280. The van der Waals surface area contributed by atoms with E-state index in [1.165, 1.54) is 0 Å². The summed E-state index contributed by atoms with van der Waals surface area (Å²) in [5, 5.41) is 0. The van der Waals surface area contributed by atoms with E-state index in [1.807, 2.05) is 76.4 Å². The lowest BCUT2D eigenvalue weighted by molar-refractivity contribution is -0.697. The van der Waals surface area contributed by atoms with Crippen molar-refractivity contribution in [1.29, 1.82) is 0 Å². The second-order valence-corrected chi connectivity index (χ2v) is 11.6. The predicted octanol–water partition coefficient (Wildman–Crippen LogP) is -0.0468. The van der Waals surface area contributed by atoms with Crippen molar-refractivity contribution in [2.45, 2.75) is 32.0 Å². The van der Waals surface area contributed by atoms with Crippen LogP contribution in [0.2, 0.25) is 6.04 Å². The van der Waals surface area contributed by atoms with E-state index >= 15 is 0 Å². The van der Waals surface area contributed by atoms with Crippen molar-refractivity contribution in [3.63, 3.8) is 0 Å². The topological polar surface area (TPSA) is 144 Å². The molecule has 5 N–H and O–H groups in total. The summed E-state index contributed by atoms with van der Waals surface area (Å²) >= 11 is 0. The van der Waals surface area contributed by atoms with E-state index < -0.39 is 18.3 Å². The Morgan fingerprint density at radius 1 is 0.778 bits per heavy atom. The van der Waals surface area contributed by atoms with Crippen molar-refractivity contribution in [3.05, 3.63) is 73.4 Å². The fourth-order valence-corrected chi connectivity index (χ4v) is 4.85. The van der Waals surface area contributed by atoms with E-state index in [4.69, 9.17) is 33.4 Å². The van der Waals surface area contributed by atoms with Crippen LogP contribution in [-0.2, 0) is 17.5 Å². The Hall–Kier alpha value is -2.95. The van der Waals surface area contributed by atoms with E-state index in [2.05, 4.69) is 4.98 Å². The highest BCUT2D eigenvalue weighted by atomic mass is 28.4. The molecular weight excluding hydrogens is 496 g/mol. The second kappa shape index (κ2) is 11.9. The minimum absolute atomic E-state index is 0.0106.